The van der Waals surface area contributed by atoms with Gasteiger partial charge in [0, 0.05) is 17.0 Å². The van der Waals surface area contributed by atoms with Gasteiger partial charge >= 0.3 is 0 Å². The summed E-state index contributed by atoms with van der Waals surface area (Å²) in [7, 11) is 0. The molecule has 3 nitrogen and oxygen atoms in total. The minimum absolute atomic E-state index is 0.723. The highest BCUT2D eigenvalue weighted by molar-refractivity contribution is 7.98. The minimum atomic E-state index is 0.723. The number of hydrogen-bond acceptors (Lipinski definition) is 3. The minimum Gasteiger partial charge on any atom is -0.299 e. The Hall–Kier alpha value is -2.30. The van der Waals surface area contributed by atoms with Crippen LogP contribution in [0.25, 0.3) is 11.2 Å². The first kappa shape index (κ1) is 17.1. The Morgan fingerprint density at radius 3 is 2.46 bits per heavy atom. The first-order valence-electron chi connectivity index (χ1n) is 8.43. The summed E-state index contributed by atoms with van der Waals surface area (Å²) in [6.45, 7) is 2.83. The van der Waals surface area contributed by atoms with Crippen molar-refractivity contribution >= 4 is 34.5 Å². The quantitative estimate of drug-likeness (QED) is 0.414. The zero-order valence-corrected chi connectivity index (χ0v) is 16.0. The SMILES string of the molecule is Cc1ccc(CSc2nc3cccnc3n2Cc2ccc(Cl)cc2)cc1. The van der Waals surface area contributed by atoms with Crippen LogP contribution in [-0.2, 0) is 12.3 Å². The van der Waals surface area contributed by atoms with E-state index >= 15 is 0 Å². The largest absolute Gasteiger partial charge is 0.299 e. The van der Waals surface area contributed by atoms with E-state index in [1.807, 2.05) is 42.6 Å². The van der Waals surface area contributed by atoms with Crippen molar-refractivity contribution in [3.63, 3.8) is 0 Å². The second-order valence-corrected chi connectivity index (χ2v) is 7.61. The molecule has 130 valence electrons. The molecule has 0 N–H and O–H groups in total. The second kappa shape index (κ2) is 7.52. The van der Waals surface area contributed by atoms with E-state index in [1.165, 1.54) is 16.7 Å². The highest BCUT2D eigenvalue weighted by Crippen LogP contribution is 2.27. The Morgan fingerprint density at radius 2 is 1.69 bits per heavy atom. The van der Waals surface area contributed by atoms with E-state index in [9.17, 15) is 0 Å². The summed E-state index contributed by atoms with van der Waals surface area (Å²) in [5.41, 5.74) is 5.58. The summed E-state index contributed by atoms with van der Waals surface area (Å²) in [5.74, 6) is 0.879. The van der Waals surface area contributed by atoms with Gasteiger partial charge in [-0.2, -0.15) is 0 Å². The number of halogens is 1. The molecule has 0 unspecified atom stereocenters. The first-order valence-corrected chi connectivity index (χ1v) is 9.79. The molecule has 0 atom stereocenters. The predicted octanol–water partition coefficient (Wildman–Crippen LogP) is 5.73. The normalized spacial score (nSPS) is 11.2. The van der Waals surface area contributed by atoms with Crippen LogP contribution in [0.15, 0.2) is 72.0 Å². The van der Waals surface area contributed by atoms with E-state index in [-0.39, 0.29) is 0 Å². The van der Waals surface area contributed by atoms with Gasteiger partial charge in [0.2, 0.25) is 0 Å². The molecule has 4 aromatic rings. The Kier molecular flexibility index (Phi) is 4.96. The molecule has 4 rings (SSSR count). The Labute approximate surface area is 162 Å². The maximum atomic E-state index is 6.01. The average Bonchev–Trinajstić information content (AvgIpc) is 3.01. The van der Waals surface area contributed by atoms with Gasteiger partial charge in [0.25, 0.3) is 0 Å². The topological polar surface area (TPSA) is 30.7 Å². The van der Waals surface area contributed by atoms with Crippen LogP contribution in [-0.4, -0.2) is 14.5 Å². The van der Waals surface area contributed by atoms with Gasteiger partial charge in [-0.1, -0.05) is 65.3 Å². The van der Waals surface area contributed by atoms with Gasteiger partial charge < -0.3 is 0 Å². The highest BCUT2D eigenvalue weighted by Gasteiger charge is 2.13. The van der Waals surface area contributed by atoms with Crippen molar-refractivity contribution in [2.75, 3.05) is 0 Å². The van der Waals surface area contributed by atoms with E-state index in [1.54, 1.807) is 11.8 Å². The monoisotopic (exact) mass is 379 g/mol. The molecule has 0 amide bonds. The number of nitrogens with zero attached hydrogens (tertiary/aromatic N) is 3. The van der Waals surface area contributed by atoms with E-state index in [4.69, 9.17) is 16.6 Å². The van der Waals surface area contributed by atoms with Crippen molar-refractivity contribution in [3.05, 3.63) is 88.6 Å². The van der Waals surface area contributed by atoms with Gasteiger partial charge in [0.05, 0.1) is 6.54 Å². The number of aryl methyl sites for hydroxylation is 1. The molecule has 2 heterocycles. The van der Waals surface area contributed by atoms with E-state index < -0.39 is 0 Å². The summed E-state index contributed by atoms with van der Waals surface area (Å²) < 4.78 is 2.18. The standard InChI is InChI=1S/C21H18ClN3S/c1-15-4-6-17(7-5-15)14-26-21-24-19-3-2-12-23-20(19)25(21)13-16-8-10-18(22)11-9-16/h2-12H,13-14H2,1H3. The van der Waals surface area contributed by atoms with Crippen LogP contribution in [0.5, 0.6) is 0 Å². The number of fused-ring (bicyclic) bond motifs is 1. The van der Waals surface area contributed by atoms with Gasteiger partial charge in [-0.3, -0.25) is 4.57 Å². The molecule has 0 spiro atoms. The second-order valence-electron chi connectivity index (χ2n) is 6.23. The lowest BCUT2D eigenvalue weighted by molar-refractivity contribution is 0.724. The molecule has 0 aliphatic carbocycles. The molecule has 2 aromatic carbocycles. The third-order valence-electron chi connectivity index (χ3n) is 4.21. The van der Waals surface area contributed by atoms with E-state index in [0.717, 1.165) is 33.6 Å². The summed E-state index contributed by atoms with van der Waals surface area (Å²) in [6, 6.07) is 20.5. The van der Waals surface area contributed by atoms with Crippen LogP contribution in [0, 0.1) is 6.92 Å². The highest BCUT2D eigenvalue weighted by atomic mass is 35.5. The van der Waals surface area contributed by atoms with Crippen molar-refractivity contribution < 1.29 is 0 Å². The molecule has 0 aliphatic rings. The molecule has 26 heavy (non-hydrogen) atoms. The van der Waals surface area contributed by atoms with E-state index in [2.05, 4.69) is 40.7 Å². The maximum absolute atomic E-state index is 6.01. The van der Waals surface area contributed by atoms with Gasteiger partial charge in [-0.05, 0) is 42.3 Å². The third-order valence-corrected chi connectivity index (χ3v) is 5.51. The van der Waals surface area contributed by atoms with Crippen LogP contribution in [0.1, 0.15) is 16.7 Å². The summed E-state index contributed by atoms with van der Waals surface area (Å²) in [6.07, 6.45) is 1.82. The van der Waals surface area contributed by atoms with Crippen molar-refractivity contribution in [1.82, 2.24) is 14.5 Å². The van der Waals surface area contributed by atoms with Crippen LogP contribution in [0.2, 0.25) is 5.02 Å². The fraction of sp³-hybridized carbons (Fsp3) is 0.143. The van der Waals surface area contributed by atoms with Gasteiger partial charge in [-0.25, -0.2) is 9.97 Å². The number of benzene rings is 2. The third kappa shape index (κ3) is 3.76. The van der Waals surface area contributed by atoms with Crippen LogP contribution in [0.3, 0.4) is 0 Å². The first-order chi connectivity index (χ1) is 12.7. The number of pyridine rings is 1. The number of thioether (sulfide) groups is 1. The lowest BCUT2D eigenvalue weighted by Gasteiger charge is -2.09. The van der Waals surface area contributed by atoms with Crippen LogP contribution in [0.4, 0.5) is 0 Å². The fourth-order valence-corrected chi connectivity index (χ4v) is 3.88. The molecular formula is C21H18ClN3S. The van der Waals surface area contributed by atoms with Gasteiger partial charge in [0.15, 0.2) is 10.8 Å². The molecule has 0 saturated heterocycles. The zero-order chi connectivity index (χ0) is 17.9. The maximum Gasteiger partial charge on any atom is 0.170 e. The number of imidazole rings is 1. The molecule has 0 saturated carbocycles. The van der Waals surface area contributed by atoms with Crippen LogP contribution < -0.4 is 0 Å². The summed E-state index contributed by atoms with van der Waals surface area (Å²) >= 11 is 7.75. The average molecular weight is 380 g/mol. The lowest BCUT2D eigenvalue weighted by atomic mass is 10.2. The number of aromatic nitrogens is 3. The molecule has 5 heteroatoms. The molecular weight excluding hydrogens is 362 g/mol. The van der Waals surface area contributed by atoms with Crippen molar-refractivity contribution in [2.45, 2.75) is 24.4 Å². The molecule has 0 aliphatic heterocycles. The number of hydrogen-bond donors (Lipinski definition) is 0. The lowest BCUT2D eigenvalue weighted by Crippen LogP contribution is -2.02. The fourth-order valence-electron chi connectivity index (χ4n) is 2.79. The van der Waals surface area contributed by atoms with Crippen molar-refractivity contribution in [3.8, 4) is 0 Å². The van der Waals surface area contributed by atoms with Crippen molar-refractivity contribution in [2.24, 2.45) is 0 Å². The predicted molar refractivity (Wildman–Crippen MR) is 109 cm³/mol. The Bertz CT molecular complexity index is 1020. The summed E-state index contributed by atoms with van der Waals surface area (Å²) in [4.78, 5) is 9.34. The molecule has 0 fully saturated rings. The smallest absolute Gasteiger partial charge is 0.170 e. The van der Waals surface area contributed by atoms with Crippen molar-refractivity contribution in [1.29, 1.82) is 0 Å². The van der Waals surface area contributed by atoms with Gasteiger partial charge in [-0.15, -0.1) is 0 Å². The van der Waals surface area contributed by atoms with Crippen LogP contribution >= 0.6 is 23.4 Å². The zero-order valence-electron chi connectivity index (χ0n) is 14.4. The number of rotatable bonds is 5. The summed E-state index contributed by atoms with van der Waals surface area (Å²) in [5, 5.41) is 1.73. The Balaban J connectivity index is 1.64. The van der Waals surface area contributed by atoms with E-state index in [0.29, 0.717) is 0 Å². The molecule has 0 radical (unpaired) electrons. The molecule has 0 bridgehead atoms. The van der Waals surface area contributed by atoms with Gasteiger partial charge in [0.1, 0.15) is 5.52 Å². The molecule has 2 aromatic heterocycles. The Morgan fingerprint density at radius 1 is 0.962 bits per heavy atom.